The van der Waals surface area contributed by atoms with Crippen molar-refractivity contribution in [2.24, 2.45) is 0 Å². The highest BCUT2D eigenvalue weighted by atomic mass is 16.2. The zero-order valence-electron chi connectivity index (χ0n) is 8.73. The maximum Gasteiger partial charge on any atom is 0.222 e. The lowest BCUT2D eigenvalue weighted by atomic mass is 10.2. The Morgan fingerprint density at radius 2 is 2.07 bits per heavy atom. The van der Waals surface area contributed by atoms with Gasteiger partial charge in [-0.15, -0.1) is 0 Å². The summed E-state index contributed by atoms with van der Waals surface area (Å²) in [6, 6.07) is 10.1. The van der Waals surface area contributed by atoms with Gasteiger partial charge in [-0.3, -0.25) is 4.79 Å². The van der Waals surface area contributed by atoms with E-state index in [1.807, 2.05) is 23.1 Å². The number of likely N-dealkylation sites (tertiary alicyclic amines) is 1. The van der Waals surface area contributed by atoms with Gasteiger partial charge in [0, 0.05) is 19.5 Å². The first kappa shape index (κ1) is 9.97. The second-order valence-corrected chi connectivity index (χ2v) is 3.76. The van der Waals surface area contributed by atoms with E-state index >= 15 is 0 Å². The number of carbonyl (C=O) groups is 1. The van der Waals surface area contributed by atoms with Gasteiger partial charge in [-0.2, -0.15) is 0 Å². The molecule has 0 unspecified atom stereocenters. The van der Waals surface area contributed by atoms with Crippen molar-refractivity contribution in [3.8, 4) is 0 Å². The van der Waals surface area contributed by atoms with Crippen LogP contribution in [0.15, 0.2) is 36.4 Å². The molecule has 0 spiro atoms. The van der Waals surface area contributed by atoms with Crippen LogP contribution in [0.5, 0.6) is 0 Å². The van der Waals surface area contributed by atoms with Crippen molar-refractivity contribution in [2.45, 2.75) is 12.8 Å². The smallest absolute Gasteiger partial charge is 0.222 e. The predicted octanol–water partition coefficient (Wildman–Crippen LogP) is 2.32. The van der Waals surface area contributed by atoms with E-state index in [9.17, 15) is 4.79 Å². The topological polar surface area (TPSA) is 20.3 Å². The second kappa shape index (κ2) is 4.78. The van der Waals surface area contributed by atoms with Crippen molar-refractivity contribution < 1.29 is 4.79 Å². The van der Waals surface area contributed by atoms with Crippen molar-refractivity contribution in [3.05, 3.63) is 42.0 Å². The van der Waals surface area contributed by atoms with Crippen LogP contribution >= 0.6 is 0 Å². The fourth-order valence-electron chi connectivity index (χ4n) is 1.78. The number of rotatable bonds is 3. The van der Waals surface area contributed by atoms with Crippen LogP contribution in [0.1, 0.15) is 18.4 Å². The molecule has 0 saturated carbocycles. The van der Waals surface area contributed by atoms with E-state index in [1.165, 1.54) is 5.56 Å². The Kier molecular flexibility index (Phi) is 3.18. The minimum atomic E-state index is 0.285. The molecule has 2 nitrogen and oxygen atoms in total. The molecule has 1 aliphatic rings. The summed E-state index contributed by atoms with van der Waals surface area (Å²) >= 11 is 0. The number of carbonyl (C=O) groups excluding carboxylic acids is 1. The van der Waals surface area contributed by atoms with Crippen LogP contribution in [0.4, 0.5) is 0 Å². The number of hydrogen-bond donors (Lipinski definition) is 0. The van der Waals surface area contributed by atoms with Crippen molar-refractivity contribution in [2.75, 3.05) is 13.1 Å². The van der Waals surface area contributed by atoms with Crippen LogP contribution in [0.3, 0.4) is 0 Å². The predicted molar refractivity (Wildman–Crippen MR) is 61.3 cm³/mol. The standard InChI is InChI=1S/C13H15NO/c15-13-9-5-11-14(13)10-4-8-12-6-2-1-3-7-12/h1-4,6-8H,5,9-11H2. The van der Waals surface area contributed by atoms with Gasteiger partial charge >= 0.3 is 0 Å². The van der Waals surface area contributed by atoms with E-state index in [2.05, 4.69) is 24.3 Å². The number of benzene rings is 1. The van der Waals surface area contributed by atoms with Gasteiger partial charge in [0.25, 0.3) is 0 Å². The highest BCUT2D eigenvalue weighted by Gasteiger charge is 2.17. The van der Waals surface area contributed by atoms with Crippen LogP contribution < -0.4 is 0 Å². The Balaban J connectivity index is 1.88. The summed E-state index contributed by atoms with van der Waals surface area (Å²) in [5, 5.41) is 0. The molecule has 0 N–H and O–H groups in total. The van der Waals surface area contributed by atoms with Crippen molar-refractivity contribution in [1.29, 1.82) is 0 Å². The lowest BCUT2D eigenvalue weighted by Crippen LogP contribution is -2.24. The van der Waals surface area contributed by atoms with Crippen LogP contribution in [0.25, 0.3) is 6.08 Å². The first-order valence-corrected chi connectivity index (χ1v) is 5.35. The van der Waals surface area contributed by atoms with Crippen LogP contribution in [-0.2, 0) is 4.79 Å². The SMILES string of the molecule is O=C1CCCN1CC=Cc1ccccc1. The molecule has 2 rings (SSSR count). The highest BCUT2D eigenvalue weighted by molar-refractivity contribution is 5.78. The quantitative estimate of drug-likeness (QED) is 0.735. The van der Waals surface area contributed by atoms with E-state index in [0.29, 0.717) is 0 Å². The summed E-state index contributed by atoms with van der Waals surface area (Å²) in [5.41, 5.74) is 1.18. The molecule has 1 aliphatic heterocycles. The molecule has 0 bridgehead atoms. The van der Waals surface area contributed by atoms with Crippen LogP contribution in [0, 0.1) is 0 Å². The summed E-state index contributed by atoms with van der Waals surface area (Å²) in [4.78, 5) is 13.2. The molecule has 0 radical (unpaired) electrons. The minimum Gasteiger partial charge on any atom is -0.339 e. The molecule has 2 heteroatoms. The minimum absolute atomic E-state index is 0.285. The molecular weight excluding hydrogens is 186 g/mol. The molecule has 0 aliphatic carbocycles. The summed E-state index contributed by atoms with van der Waals surface area (Å²) in [7, 11) is 0. The van der Waals surface area contributed by atoms with Gasteiger partial charge in [0.2, 0.25) is 5.91 Å². The van der Waals surface area contributed by atoms with Gasteiger partial charge in [0.15, 0.2) is 0 Å². The second-order valence-electron chi connectivity index (χ2n) is 3.76. The molecule has 1 amide bonds. The third kappa shape index (κ3) is 2.69. The van der Waals surface area contributed by atoms with Crippen molar-refractivity contribution >= 4 is 12.0 Å². The Bertz CT molecular complexity index is 356. The first-order valence-electron chi connectivity index (χ1n) is 5.35. The maximum atomic E-state index is 11.3. The van der Waals surface area contributed by atoms with Gasteiger partial charge < -0.3 is 4.90 Å². The van der Waals surface area contributed by atoms with Gasteiger partial charge in [0.05, 0.1) is 0 Å². The van der Waals surface area contributed by atoms with E-state index in [1.54, 1.807) is 0 Å². The first-order chi connectivity index (χ1) is 7.36. The third-order valence-corrected chi connectivity index (χ3v) is 2.61. The highest BCUT2D eigenvalue weighted by Crippen LogP contribution is 2.09. The molecule has 1 fully saturated rings. The zero-order chi connectivity index (χ0) is 10.5. The molecule has 15 heavy (non-hydrogen) atoms. The average molecular weight is 201 g/mol. The molecule has 1 aromatic rings. The van der Waals surface area contributed by atoms with Gasteiger partial charge in [-0.1, -0.05) is 42.5 Å². The van der Waals surface area contributed by atoms with Crippen LogP contribution in [0.2, 0.25) is 0 Å². The monoisotopic (exact) mass is 201 g/mol. The van der Waals surface area contributed by atoms with Gasteiger partial charge in [-0.25, -0.2) is 0 Å². The fourth-order valence-corrected chi connectivity index (χ4v) is 1.78. The molecule has 78 valence electrons. The molecule has 0 aromatic heterocycles. The third-order valence-electron chi connectivity index (χ3n) is 2.61. The average Bonchev–Trinajstić information content (AvgIpc) is 2.66. The summed E-state index contributed by atoms with van der Waals surface area (Å²) in [6.07, 6.45) is 5.85. The summed E-state index contributed by atoms with van der Waals surface area (Å²) in [6.45, 7) is 1.66. The number of hydrogen-bond acceptors (Lipinski definition) is 1. The van der Waals surface area contributed by atoms with E-state index in [4.69, 9.17) is 0 Å². The summed E-state index contributed by atoms with van der Waals surface area (Å²) in [5.74, 6) is 0.285. The maximum absolute atomic E-state index is 11.3. The number of nitrogens with zero attached hydrogens (tertiary/aromatic N) is 1. The van der Waals surface area contributed by atoms with Crippen molar-refractivity contribution in [3.63, 3.8) is 0 Å². The molecular formula is C13H15NO. The normalized spacial score (nSPS) is 16.5. The zero-order valence-corrected chi connectivity index (χ0v) is 8.73. The molecule has 1 aromatic carbocycles. The van der Waals surface area contributed by atoms with Crippen LogP contribution in [-0.4, -0.2) is 23.9 Å². The Hall–Kier alpha value is -1.57. The van der Waals surface area contributed by atoms with Crippen molar-refractivity contribution in [1.82, 2.24) is 4.90 Å². The molecule has 1 saturated heterocycles. The summed E-state index contributed by atoms with van der Waals surface area (Å²) < 4.78 is 0. The Morgan fingerprint density at radius 1 is 1.27 bits per heavy atom. The van der Waals surface area contributed by atoms with E-state index < -0.39 is 0 Å². The lowest BCUT2D eigenvalue weighted by Gasteiger charge is -2.11. The Morgan fingerprint density at radius 3 is 2.73 bits per heavy atom. The number of amides is 1. The lowest BCUT2D eigenvalue weighted by molar-refractivity contribution is -0.127. The largest absolute Gasteiger partial charge is 0.339 e. The van der Waals surface area contributed by atoms with Gasteiger partial charge in [-0.05, 0) is 12.0 Å². The molecule has 0 atom stereocenters. The van der Waals surface area contributed by atoms with Gasteiger partial charge in [0.1, 0.15) is 0 Å². The fraction of sp³-hybridized carbons (Fsp3) is 0.308. The Labute approximate surface area is 90.2 Å². The molecule has 1 heterocycles. The van der Waals surface area contributed by atoms with E-state index in [-0.39, 0.29) is 5.91 Å². The van der Waals surface area contributed by atoms with E-state index in [0.717, 1.165) is 25.9 Å².